The van der Waals surface area contributed by atoms with Gasteiger partial charge in [0.15, 0.2) is 5.82 Å². The first-order valence-corrected chi connectivity index (χ1v) is 9.27. The molecule has 0 amide bonds. The van der Waals surface area contributed by atoms with Crippen LogP contribution in [-0.2, 0) is 24.1 Å². The Morgan fingerprint density at radius 3 is 2.82 bits per heavy atom. The Balaban J connectivity index is 1.56. The van der Waals surface area contributed by atoms with E-state index in [1.807, 2.05) is 11.0 Å². The lowest BCUT2D eigenvalue weighted by Gasteiger charge is -2.33. The summed E-state index contributed by atoms with van der Waals surface area (Å²) in [6, 6.07) is 10.5. The van der Waals surface area contributed by atoms with Crippen molar-refractivity contribution in [2.24, 2.45) is 0 Å². The van der Waals surface area contributed by atoms with Crippen molar-refractivity contribution in [3.63, 3.8) is 0 Å². The van der Waals surface area contributed by atoms with Crippen molar-refractivity contribution in [2.45, 2.75) is 32.4 Å². The molecule has 0 saturated carbocycles. The Bertz CT molecular complexity index is 972. The number of aryl methyl sites for hydroxylation is 2. The van der Waals surface area contributed by atoms with Crippen LogP contribution in [0, 0.1) is 0 Å². The number of nitrogens with zero attached hydrogens (tertiary/aromatic N) is 6. The summed E-state index contributed by atoms with van der Waals surface area (Å²) in [5, 5.41) is 8.83. The summed E-state index contributed by atoms with van der Waals surface area (Å²) in [5.41, 5.74) is 1.64. The van der Waals surface area contributed by atoms with Gasteiger partial charge in [-0.2, -0.15) is 0 Å². The molecule has 0 unspecified atom stereocenters. The number of aromatic nitrogens is 5. The maximum absolute atomic E-state index is 12.1. The van der Waals surface area contributed by atoms with Crippen molar-refractivity contribution in [3.05, 3.63) is 65.6 Å². The van der Waals surface area contributed by atoms with Crippen LogP contribution in [0.5, 0.6) is 0 Å². The zero-order valence-electron chi connectivity index (χ0n) is 15.9. The molecular weight excluding hydrogens is 356 g/mol. The van der Waals surface area contributed by atoms with E-state index in [0.717, 1.165) is 24.5 Å². The van der Waals surface area contributed by atoms with Gasteiger partial charge in [-0.25, -0.2) is 14.8 Å². The van der Waals surface area contributed by atoms with Crippen LogP contribution >= 0.6 is 0 Å². The number of benzene rings is 1. The first-order chi connectivity index (χ1) is 13.7. The van der Waals surface area contributed by atoms with Crippen molar-refractivity contribution in [3.8, 4) is 0 Å². The Morgan fingerprint density at radius 1 is 1.21 bits per heavy atom. The number of carbonyl (C=O) groups is 1. The Kier molecular flexibility index (Phi) is 5.01. The van der Waals surface area contributed by atoms with Crippen LogP contribution in [0.15, 0.2) is 42.9 Å². The number of esters is 1. The fourth-order valence-electron chi connectivity index (χ4n) is 3.67. The summed E-state index contributed by atoms with van der Waals surface area (Å²) in [6.07, 6.45) is 4.69. The maximum atomic E-state index is 12.1. The first-order valence-electron chi connectivity index (χ1n) is 9.27. The quantitative estimate of drug-likeness (QED) is 0.629. The van der Waals surface area contributed by atoms with E-state index in [2.05, 4.69) is 55.9 Å². The van der Waals surface area contributed by atoms with E-state index in [9.17, 15) is 4.79 Å². The standard InChI is InChI=1S/C20H22N6O2/c1-14-11-25(19-16(20(27)28-2)10-21-13-22-19)12-18-24-23-17(26(14)18)9-8-15-6-4-3-5-7-15/h3-7,10,13-14H,8-9,11-12H2,1-2H3/t14-/m0/s1. The highest BCUT2D eigenvalue weighted by molar-refractivity contribution is 5.94. The molecule has 0 radical (unpaired) electrons. The second kappa shape index (κ2) is 7.75. The summed E-state index contributed by atoms with van der Waals surface area (Å²) < 4.78 is 7.07. The summed E-state index contributed by atoms with van der Waals surface area (Å²) in [5.74, 6) is 1.98. The molecular formula is C20H22N6O2. The molecule has 0 saturated heterocycles. The topological polar surface area (TPSA) is 86.0 Å². The lowest BCUT2D eigenvalue weighted by molar-refractivity contribution is 0.0600. The van der Waals surface area contributed by atoms with Crippen molar-refractivity contribution in [1.29, 1.82) is 0 Å². The van der Waals surface area contributed by atoms with Gasteiger partial charge in [0.1, 0.15) is 23.5 Å². The molecule has 2 aromatic heterocycles. The Morgan fingerprint density at radius 2 is 2.04 bits per heavy atom. The monoisotopic (exact) mass is 378 g/mol. The molecule has 28 heavy (non-hydrogen) atoms. The van der Waals surface area contributed by atoms with E-state index in [4.69, 9.17) is 4.74 Å². The van der Waals surface area contributed by atoms with Gasteiger partial charge in [-0.1, -0.05) is 30.3 Å². The van der Waals surface area contributed by atoms with Crippen LogP contribution in [0.4, 0.5) is 5.82 Å². The second-order valence-corrected chi connectivity index (χ2v) is 6.87. The Labute approximate surface area is 163 Å². The number of fused-ring (bicyclic) bond motifs is 1. The highest BCUT2D eigenvalue weighted by atomic mass is 16.5. The minimum atomic E-state index is -0.446. The third-order valence-electron chi connectivity index (χ3n) is 4.97. The van der Waals surface area contributed by atoms with Gasteiger partial charge in [0.25, 0.3) is 0 Å². The molecule has 1 atom stereocenters. The lowest BCUT2D eigenvalue weighted by atomic mass is 10.1. The van der Waals surface area contributed by atoms with E-state index in [1.54, 1.807) is 0 Å². The number of ether oxygens (including phenoxy) is 1. The average Bonchev–Trinajstić information content (AvgIpc) is 3.16. The second-order valence-electron chi connectivity index (χ2n) is 6.87. The summed E-state index contributed by atoms with van der Waals surface area (Å²) in [7, 11) is 1.35. The number of carbonyl (C=O) groups excluding carboxylic acids is 1. The van der Waals surface area contributed by atoms with Gasteiger partial charge in [0.05, 0.1) is 19.7 Å². The van der Waals surface area contributed by atoms with E-state index in [-0.39, 0.29) is 6.04 Å². The van der Waals surface area contributed by atoms with Gasteiger partial charge in [-0.15, -0.1) is 10.2 Å². The average molecular weight is 378 g/mol. The van der Waals surface area contributed by atoms with Gasteiger partial charge in [0, 0.05) is 19.2 Å². The molecule has 0 aliphatic carbocycles. The molecule has 0 bridgehead atoms. The van der Waals surface area contributed by atoms with Crippen LogP contribution in [0.1, 0.15) is 40.5 Å². The molecule has 0 N–H and O–H groups in total. The molecule has 4 rings (SSSR count). The van der Waals surface area contributed by atoms with Gasteiger partial charge in [-0.3, -0.25) is 0 Å². The zero-order valence-corrected chi connectivity index (χ0v) is 15.9. The molecule has 3 heterocycles. The third kappa shape index (κ3) is 3.45. The molecule has 8 nitrogen and oxygen atoms in total. The smallest absolute Gasteiger partial charge is 0.343 e. The molecule has 8 heteroatoms. The van der Waals surface area contributed by atoms with Crippen LogP contribution in [-0.4, -0.2) is 44.4 Å². The lowest BCUT2D eigenvalue weighted by Crippen LogP contribution is -2.38. The van der Waals surface area contributed by atoms with Gasteiger partial charge >= 0.3 is 5.97 Å². The number of hydrogen-bond acceptors (Lipinski definition) is 7. The Hall–Kier alpha value is -3.29. The molecule has 0 fully saturated rings. The molecule has 0 spiro atoms. The van der Waals surface area contributed by atoms with Crippen LogP contribution in [0.2, 0.25) is 0 Å². The number of methoxy groups -OCH3 is 1. The number of anilines is 1. The third-order valence-corrected chi connectivity index (χ3v) is 4.97. The first kappa shape index (κ1) is 18.1. The zero-order chi connectivity index (χ0) is 19.5. The maximum Gasteiger partial charge on any atom is 0.343 e. The van der Waals surface area contributed by atoms with Crippen molar-refractivity contribution >= 4 is 11.8 Å². The van der Waals surface area contributed by atoms with Gasteiger partial charge in [0.2, 0.25) is 0 Å². The molecule has 1 aromatic carbocycles. The predicted molar refractivity (Wildman–Crippen MR) is 103 cm³/mol. The minimum Gasteiger partial charge on any atom is -0.465 e. The van der Waals surface area contributed by atoms with E-state index in [1.165, 1.54) is 25.2 Å². The fraction of sp³-hybridized carbons (Fsp3) is 0.350. The van der Waals surface area contributed by atoms with Crippen LogP contribution in [0.3, 0.4) is 0 Å². The number of hydrogen-bond donors (Lipinski definition) is 0. The van der Waals surface area contributed by atoms with Gasteiger partial charge < -0.3 is 14.2 Å². The molecule has 1 aliphatic heterocycles. The highest BCUT2D eigenvalue weighted by Gasteiger charge is 2.29. The summed E-state index contributed by atoms with van der Waals surface area (Å²) in [6.45, 7) is 3.36. The summed E-state index contributed by atoms with van der Waals surface area (Å²) >= 11 is 0. The highest BCUT2D eigenvalue weighted by Crippen LogP contribution is 2.27. The minimum absolute atomic E-state index is 0.157. The van der Waals surface area contributed by atoms with Crippen molar-refractivity contribution in [2.75, 3.05) is 18.6 Å². The normalized spacial score (nSPS) is 15.9. The van der Waals surface area contributed by atoms with Crippen molar-refractivity contribution < 1.29 is 9.53 Å². The van der Waals surface area contributed by atoms with Crippen LogP contribution in [0.25, 0.3) is 0 Å². The number of rotatable bonds is 5. The van der Waals surface area contributed by atoms with E-state index in [0.29, 0.717) is 24.5 Å². The predicted octanol–water partition coefficient (Wildman–Crippen LogP) is 2.22. The van der Waals surface area contributed by atoms with E-state index >= 15 is 0 Å². The summed E-state index contributed by atoms with van der Waals surface area (Å²) in [4.78, 5) is 22.4. The molecule has 144 valence electrons. The van der Waals surface area contributed by atoms with Gasteiger partial charge in [-0.05, 0) is 18.9 Å². The van der Waals surface area contributed by atoms with E-state index < -0.39 is 5.97 Å². The fourth-order valence-corrected chi connectivity index (χ4v) is 3.67. The van der Waals surface area contributed by atoms with Crippen molar-refractivity contribution in [1.82, 2.24) is 24.7 Å². The largest absolute Gasteiger partial charge is 0.465 e. The molecule has 3 aromatic rings. The molecule has 1 aliphatic rings. The van der Waals surface area contributed by atoms with Crippen LogP contribution < -0.4 is 4.90 Å². The SMILES string of the molecule is COC(=O)c1cncnc1N1Cc2nnc(CCc3ccccc3)n2[C@@H](C)C1.